The van der Waals surface area contributed by atoms with Gasteiger partial charge in [-0.1, -0.05) is 0 Å². The maximum absolute atomic E-state index is 5.29. The van der Waals surface area contributed by atoms with Crippen molar-refractivity contribution in [3.05, 3.63) is 0 Å². The van der Waals surface area contributed by atoms with Crippen LogP contribution in [-0.2, 0) is 4.74 Å². The highest BCUT2D eigenvalue weighted by Gasteiger charge is 2.33. The van der Waals surface area contributed by atoms with Crippen molar-refractivity contribution in [3.8, 4) is 0 Å². The van der Waals surface area contributed by atoms with E-state index >= 15 is 0 Å². The Morgan fingerprint density at radius 2 is 2.33 bits per heavy atom. The molecule has 1 heterocycles. The number of alkyl halides is 1. The lowest BCUT2D eigenvalue weighted by Gasteiger charge is -1.70. The molecule has 1 aliphatic heterocycles. The van der Waals surface area contributed by atoms with Crippen LogP contribution in [0.4, 0.5) is 0 Å². The molecule has 6 heavy (non-hydrogen) atoms. The fraction of sp³-hybridized carbons (Fsp3) is 1.00. The number of hydrogen-bond donors (Lipinski definition) is 1. The molecule has 1 fully saturated rings. The van der Waals surface area contributed by atoms with E-state index in [9.17, 15) is 0 Å². The Kier molecular flexibility index (Phi) is 0.998. The maximum atomic E-state index is 5.29. The quantitative estimate of drug-likeness (QED) is 0.376. The Morgan fingerprint density at radius 3 is 2.33 bits per heavy atom. The van der Waals surface area contributed by atoms with Crippen LogP contribution in [0.25, 0.3) is 0 Å². The number of epoxide rings is 1. The molecule has 2 atom stereocenters. The summed E-state index contributed by atoms with van der Waals surface area (Å²) in [6.45, 7) is 0. The summed E-state index contributed by atoms with van der Waals surface area (Å²) in [6.07, 6.45) is 0.0779. The summed E-state index contributed by atoms with van der Waals surface area (Å²) in [5, 5.41) is 0. The van der Waals surface area contributed by atoms with Gasteiger partial charge < -0.3 is 10.5 Å². The largest absolute Gasteiger partial charge is 0.352 e. The van der Waals surface area contributed by atoms with Gasteiger partial charge in [-0.15, -0.1) is 11.6 Å². The Labute approximate surface area is 41.2 Å². The van der Waals surface area contributed by atoms with Gasteiger partial charge in [0.25, 0.3) is 0 Å². The average Bonchev–Trinajstić information content (AvgIpc) is 2.19. The first-order chi connectivity index (χ1) is 2.84. The van der Waals surface area contributed by atoms with Crippen molar-refractivity contribution in [2.24, 2.45) is 5.73 Å². The fourth-order valence-corrected chi connectivity index (χ4v) is 0.529. The zero-order chi connectivity index (χ0) is 4.57. The van der Waals surface area contributed by atoms with E-state index in [2.05, 4.69) is 0 Å². The molecule has 0 aromatic rings. The zero-order valence-electron chi connectivity index (χ0n) is 3.23. The molecule has 0 spiro atoms. The smallest absolute Gasteiger partial charge is 0.134 e. The minimum absolute atomic E-state index is 0.0671. The standard InChI is InChI=1S/C3H6ClNO/c4-1-2-3(5)6-2/h2-3H,1,5H2/t2-,3?/m1/s1. The van der Waals surface area contributed by atoms with Crippen LogP contribution in [-0.4, -0.2) is 18.2 Å². The highest BCUT2D eigenvalue weighted by molar-refractivity contribution is 6.18. The van der Waals surface area contributed by atoms with E-state index in [1.807, 2.05) is 0 Å². The zero-order valence-corrected chi connectivity index (χ0v) is 3.98. The average molecular weight is 108 g/mol. The first kappa shape index (κ1) is 4.37. The first-order valence-corrected chi connectivity index (χ1v) is 2.35. The van der Waals surface area contributed by atoms with Crippen LogP contribution in [0.15, 0.2) is 0 Å². The van der Waals surface area contributed by atoms with Gasteiger partial charge in [-0.25, -0.2) is 0 Å². The molecule has 36 valence electrons. The molecule has 0 saturated carbocycles. The molecule has 1 aliphatic rings. The van der Waals surface area contributed by atoms with Crippen molar-refractivity contribution in [3.63, 3.8) is 0 Å². The predicted octanol–water partition coefficient (Wildman–Crippen LogP) is -0.0912. The third-order valence-corrected chi connectivity index (χ3v) is 1.08. The lowest BCUT2D eigenvalue weighted by Crippen LogP contribution is -2.05. The highest BCUT2D eigenvalue weighted by atomic mass is 35.5. The van der Waals surface area contributed by atoms with Gasteiger partial charge in [0, 0.05) is 0 Å². The van der Waals surface area contributed by atoms with E-state index in [1.54, 1.807) is 0 Å². The molecular formula is C3H6ClNO. The summed E-state index contributed by atoms with van der Waals surface area (Å²) in [7, 11) is 0. The third-order valence-electron chi connectivity index (χ3n) is 0.774. The maximum Gasteiger partial charge on any atom is 0.134 e. The molecule has 0 aliphatic carbocycles. The van der Waals surface area contributed by atoms with Crippen LogP contribution in [0.3, 0.4) is 0 Å². The van der Waals surface area contributed by atoms with Crippen molar-refractivity contribution in [1.29, 1.82) is 0 Å². The highest BCUT2D eigenvalue weighted by Crippen LogP contribution is 2.16. The normalized spacial score (nSPS) is 43.0. The molecule has 0 radical (unpaired) electrons. The molecule has 1 saturated heterocycles. The Balaban J connectivity index is 2.09. The topological polar surface area (TPSA) is 38.5 Å². The van der Waals surface area contributed by atoms with Gasteiger partial charge in [-0.2, -0.15) is 0 Å². The molecule has 2 nitrogen and oxygen atoms in total. The van der Waals surface area contributed by atoms with Crippen molar-refractivity contribution in [2.75, 3.05) is 5.88 Å². The number of hydrogen-bond acceptors (Lipinski definition) is 2. The van der Waals surface area contributed by atoms with E-state index in [1.165, 1.54) is 0 Å². The van der Waals surface area contributed by atoms with Crippen LogP contribution in [0, 0.1) is 0 Å². The second kappa shape index (κ2) is 1.37. The number of nitrogens with two attached hydrogens (primary N) is 1. The predicted molar refractivity (Wildman–Crippen MR) is 23.6 cm³/mol. The van der Waals surface area contributed by atoms with Gasteiger partial charge in [0.15, 0.2) is 0 Å². The molecule has 0 amide bonds. The molecule has 0 aromatic heterocycles. The lowest BCUT2D eigenvalue weighted by molar-refractivity contribution is 0.384. The summed E-state index contributed by atoms with van der Waals surface area (Å²) in [5.74, 6) is 0.529. The van der Waals surface area contributed by atoms with Crippen molar-refractivity contribution >= 4 is 11.6 Å². The van der Waals surface area contributed by atoms with Gasteiger partial charge >= 0.3 is 0 Å². The van der Waals surface area contributed by atoms with E-state index in [0.29, 0.717) is 5.88 Å². The SMILES string of the molecule is NC1O[C@@H]1CCl. The van der Waals surface area contributed by atoms with Crippen molar-refractivity contribution in [1.82, 2.24) is 0 Å². The van der Waals surface area contributed by atoms with Gasteiger partial charge in [0.1, 0.15) is 12.3 Å². The first-order valence-electron chi connectivity index (χ1n) is 1.81. The Hall–Kier alpha value is 0.210. The monoisotopic (exact) mass is 107 g/mol. The number of ether oxygens (including phenoxy) is 1. The van der Waals surface area contributed by atoms with Crippen LogP contribution in [0.5, 0.6) is 0 Å². The van der Waals surface area contributed by atoms with Gasteiger partial charge in [-0.05, 0) is 0 Å². The van der Waals surface area contributed by atoms with Gasteiger partial charge in [-0.3, -0.25) is 0 Å². The molecule has 2 N–H and O–H groups in total. The van der Waals surface area contributed by atoms with Gasteiger partial charge in [0.05, 0.1) is 5.88 Å². The second-order valence-electron chi connectivity index (χ2n) is 1.29. The van der Waals surface area contributed by atoms with Crippen LogP contribution < -0.4 is 5.73 Å². The van der Waals surface area contributed by atoms with E-state index in [0.717, 1.165) is 0 Å². The number of rotatable bonds is 1. The lowest BCUT2D eigenvalue weighted by atomic mass is 10.5. The Morgan fingerprint density at radius 1 is 1.83 bits per heavy atom. The van der Waals surface area contributed by atoms with E-state index < -0.39 is 0 Å². The van der Waals surface area contributed by atoms with Crippen LogP contribution in [0.2, 0.25) is 0 Å². The molecule has 1 unspecified atom stereocenters. The van der Waals surface area contributed by atoms with E-state index in [4.69, 9.17) is 22.1 Å². The second-order valence-corrected chi connectivity index (χ2v) is 1.60. The number of halogens is 1. The molecule has 3 heteroatoms. The Bertz CT molecular complexity index is 56.8. The molecule has 0 bridgehead atoms. The van der Waals surface area contributed by atoms with Gasteiger partial charge in [0.2, 0.25) is 0 Å². The van der Waals surface area contributed by atoms with Crippen LogP contribution >= 0.6 is 11.6 Å². The summed E-state index contributed by atoms with van der Waals surface area (Å²) >= 11 is 5.29. The molecule has 1 rings (SSSR count). The van der Waals surface area contributed by atoms with Crippen molar-refractivity contribution in [2.45, 2.75) is 12.3 Å². The summed E-state index contributed by atoms with van der Waals surface area (Å²) in [6, 6.07) is 0. The summed E-state index contributed by atoms with van der Waals surface area (Å²) in [4.78, 5) is 0. The third kappa shape index (κ3) is 0.644. The minimum atomic E-state index is -0.0671. The fourth-order valence-electron chi connectivity index (χ4n) is 0.281. The summed E-state index contributed by atoms with van der Waals surface area (Å²) < 4.78 is 4.71. The van der Waals surface area contributed by atoms with E-state index in [-0.39, 0.29) is 12.3 Å². The van der Waals surface area contributed by atoms with Crippen molar-refractivity contribution < 1.29 is 4.74 Å². The minimum Gasteiger partial charge on any atom is -0.352 e. The van der Waals surface area contributed by atoms with Crippen LogP contribution in [0.1, 0.15) is 0 Å². The molecule has 0 aromatic carbocycles. The summed E-state index contributed by atoms with van der Waals surface area (Å²) in [5.41, 5.74) is 5.17. The molecular weight excluding hydrogens is 101 g/mol.